The van der Waals surface area contributed by atoms with Crippen LogP contribution in [-0.2, 0) is 0 Å². The Morgan fingerprint density at radius 2 is 2.25 bits per heavy atom. The van der Waals surface area contributed by atoms with Crippen LogP contribution in [0.15, 0.2) is 34.9 Å². The molecule has 0 saturated carbocycles. The second-order valence-electron chi connectivity index (χ2n) is 3.51. The van der Waals surface area contributed by atoms with Gasteiger partial charge < -0.3 is 5.32 Å². The lowest BCUT2D eigenvalue weighted by Crippen LogP contribution is -2.06. The maximum atomic E-state index is 5.93. The summed E-state index contributed by atoms with van der Waals surface area (Å²) < 4.78 is 0.885. The maximum Gasteiger partial charge on any atom is 0.0651 e. The van der Waals surface area contributed by atoms with Gasteiger partial charge in [0.2, 0.25) is 0 Å². The molecule has 2 rings (SSSR count). The lowest BCUT2D eigenvalue weighted by molar-refractivity contribution is 0.825. The van der Waals surface area contributed by atoms with Gasteiger partial charge in [-0.2, -0.15) is 5.10 Å². The molecule has 1 aromatic heterocycles. The molecule has 3 nitrogen and oxygen atoms in total. The van der Waals surface area contributed by atoms with E-state index in [1.54, 1.807) is 6.20 Å². The Labute approximate surface area is 107 Å². The van der Waals surface area contributed by atoms with Crippen molar-refractivity contribution in [2.24, 2.45) is 0 Å². The minimum absolute atomic E-state index is 0.176. The first-order valence-electron chi connectivity index (χ1n) is 4.87. The third-order valence-corrected chi connectivity index (χ3v) is 3.51. The first-order chi connectivity index (χ1) is 7.66. The Kier molecular flexibility index (Phi) is 3.51. The van der Waals surface area contributed by atoms with Crippen molar-refractivity contribution in [3.63, 3.8) is 0 Å². The van der Waals surface area contributed by atoms with Crippen LogP contribution in [0.1, 0.15) is 18.7 Å². The van der Waals surface area contributed by atoms with Crippen LogP contribution in [0.4, 0.5) is 5.69 Å². The molecule has 1 aromatic carbocycles. The molecule has 16 heavy (non-hydrogen) atoms. The number of aromatic amines is 1. The fourth-order valence-corrected chi connectivity index (χ4v) is 1.92. The number of rotatable bonds is 3. The van der Waals surface area contributed by atoms with E-state index in [4.69, 9.17) is 11.6 Å². The van der Waals surface area contributed by atoms with Crippen molar-refractivity contribution < 1.29 is 0 Å². The highest BCUT2D eigenvalue weighted by Crippen LogP contribution is 2.27. The van der Waals surface area contributed by atoms with Crippen LogP contribution < -0.4 is 5.32 Å². The summed E-state index contributed by atoms with van der Waals surface area (Å²) in [6, 6.07) is 7.88. The molecule has 0 bridgehead atoms. The number of hydrogen-bond donors (Lipinski definition) is 2. The van der Waals surface area contributed by atoms with Crippen LogP contribution in [0.2, 0.25) is 5.02 Å². The Balaban J connectivity index is 2.12. The molecule has 1 heterocycles. The SMILES string of the molecule is CC(Nc1ccc(Cl)c(Br)c1)c1ccn[nH]1. The number of benzene rings is 1. The molecule has 1 unspecified atom stereocenters. The zero-order chi connectivity index (χ0) is 11.5. The number of anilines is 1. The summed E-state index contributed by atoms with van der Waals surface area (Å²) >= 11 is 9.32. The van der Waals surface area contributed by atoms with Crippen molar-refractivity contribution in [3.05, 3.63) is 45.7 Å². The van der Waals surface area contributed by atoms with Crippen molar-refractivity contribution in [1.82, 2.24) is 10.2 Å². The van der Waals surface area contributed by atoms with Gasteiger partial charge in [-0.05, 0) is 47.1 Å². The Morgan fingerprint density at radius 3 is 2.88 bits per heavy atom. The molecule has 0 saturated heterocycles. The Hall–Kier alpha value is -1.00. The van der Waals surface area contributed by atoms with Gasteiger partial charge in [0.1, 0.15) is 0 Å². The van der Waals surface area contributed by atoms with Gasteiger partial charge in [-0.25, -0.2) is 0 Å². The van der Waals surface area contributed by atoms with Crippen LogP contribution in [0, 0.1) is 0 Å². The summed E-state index contributed by atoms with van der Waals surface area (Å²) in [7, 11) is 0. The molecule has 0 amide bonds. The second-order valence-corrected chi connectivity index (χ2v) is 4.77. The highest BCUT2D eigenvalue weighted by molar-refractivity contribution is 9.10. The quantitative estimate of drug-likeness (QED) is 0.899. The van der Waals surface area contributed by atoms with Crippen LogP contribution >= 0.6 is 27.5 Å². The average Bonchev–Trinajstić information content (AvgIpc) is 2.77. The van der Waals surface area contributed by atoms with Gasteiger partial charge in [-0.15, -0.1) is 0 Å². The Bertz CT molecular complexity index is 470. The average molecular weight is 301 g/mol. The lowest BCUT2D eigenvalue weighted by Gasteiger charge is -2.13. The molecule has 0 radical (unpaired) electrons. The van der Waals surface area contributed by atoms with Crippen LogP contribution in [0.25, 0.3) is 0 Å². The topological polar surface area (TPSA) is 40.7 Å². The largest absolute Gasteiger partial charge is 0.377 e. The molecule has 0 aliphatic heterocycles. The standard InChI is InChI=1S/C11H11BrClN3/c1-7(11-4-5-14-16-11)15-8-2-3-10(13)9(12)6-8/h2-7,15H,1H3,(H,14,16). The first kappa shape index (κ1) is 11.5. The molecule has 0 aliphatic carbocycles. The molecular weight excluding hydrogens is 289 g/mol. The van der Waals surface area contributed by atoms with Crippen molar-refractivity contribution in [2.45, 2.75) is 13.0 Å². The third kappa shape index (κ3) is 2.57. The molecule has 5 heteroatoms. The van der Waals surface area contributed by atoms with Crippen molar-refractivity contribution >= 4 is 33.2 Å². The van der Waals surface area contributed by atoms with Crippen molar-refractivity contribution in [1.29, 1.82) is 0 Å². The highest BCUT2D eigenvalue weighted by atomic mass is 79.9. The molecular formula is C11H11BrClN3. The number of aromatic nitrogens is 2. The normalized spacial score (nSPS) is 12.4. The summed E-state index contributed by atoms with van der Waals surface area (Å²) in [5.41, 5.74) is 2.06. The highest BCUT2D eigenvalue weighted by Gasteiger charge is 2.07. The lowest BCUT2D eigenvalue weighted by atomic mass is 10.2. The first-order valence-corrected chi connectivity index (χ1v) is 6.05. The maximum absolute atomic E-state index is 5.93. The van der Waals surface area contributed by atoms with Crippen molar-refractivity contribution in [3.8, 4) is 0 Å². The van der Waals surface area contributed by atoms with E-state index in [0.717, 1.165) is 15.9 Å². The molecule has 1 atom stereocenters. The number of H-pyrrole nitrogens is 1. The van der Waals surface area contributed by atoms with Crippen LogP contribution in [-0.4, -0.2) is 10.2 Å². The zero-order valence-electron chi connectivity index (χ0n) is 8.67. The van der Waals surface area contributed by atoms with Gasteiger partial charge in [-0.1, -0.05) is 11.6 Å². The zero-order valence-corrected chi connectivity index (χ0v) is 11.0. The minimum atomic E-state index is 0.176. The van der Waals surface area contributed by atoms with Gasteiger partial charge in [0, 0.05) is 16.4 Å². The second kappa shape index (κ2) is 4.89. The van der Waals surface area contributed by atoms with E-state index in [-0.39, 0.29) is 6.04 Å². The van der Waals surface area contributed by atoms with Crippen LogP contribution in [0.5, 0.6) is 0 Å². The van der Waals surface area contributed by atoms with E-state index in [1.165, 1.54) is 0 Å². The molecule has 0 fully saturated rings. The molecule has 84 valence electrons. The predicted octanol–water partition coefficient (Wildman–Crippen LogP) is 4.00. The molecule has 0 aliphatic rings. The monoisotopic (exact) mass is 299 g/mol. The van der Waals surface area contributed by atoms with E-state index in [0.29, 0.717) is 5.02 Å². The minimum Gasteiger partial charge on any atom is -0.377 e. The molecule has 2 N–H and O–H groups in total. The summed E-state index contributed by atoms with van der Waals surface area (Å²) in [5.74, 6) is 0. The smallest absolute Gasteiger partial charge is 0.0651 e. The summed E-state index contributed by atoms with van der Waals surface area (Å²) in [5, 5.41) is 10.9. The third-order valence-electron chi connectivity index (χ3n) is 2.29. The van der Waals surface area contributed by atoms with E-state index in [2.05, 4.69) is 38.4 Å². The molecule has 0 spiro atoms. The summed E-state index contributed by atoms with van der Waals surface area (Å²) in [6.45, 7) is 2.07. The van der Waals surface area contributed by atoms with Gasteiger partial charge >= 0.3 is 0 Å². The molecule has 2 aromatic rings. The predicted molar refractivity (Wildman–Crippen MR) is 69.8 cm³/mol. The van der Waals surface area contributed by atoms with E-state index < -0.39 is 0 Å². The van der Waals surface area contributed by atoms with E-state index in [1.807, 2.05) is 24.3 Å². The van der Waals surface area contributed by atoms with E-state index >= 15 is 0 Å². The van der Waals surface area contributed by atoms with Gasteiger partial charge in [0.15, 0.2) is 0 Å². The summed E-state index contributed by atoms with van der Waals surface area (Å²) in [4.78, 5) is 0. The number of nitrogens with zero attached hydrogens (tertiary/aromatic N) is 1. The number of hydrogen-bond acceptors (Lipinski definition) is 2. The number of nitrogens with one attached hydrogen (secondary N) is 2. The van der Waals surface area contributed by atoms with E-state index in [9.17, 15) is 0 Å². The van der Waals surface area contributed by atoms with Gasteiger partial charge in [0.25, 0.3) is 0 Å². The van der Waals surface area contributed by atoms with Crippen molar-refractivity contribution in [2.75, 3.05) is 5.32 Å². The summed E-state index contributed by atoms with van der Waals surface area (Å²) in [6.07, 6.45) is 1.74. The Morgan fingerprint density at radius 1 is 1.44 bits per heavy atom. The number of halogens is 2. The fourth-order valence-electron chi connectivity index (χ4n) is 1.42. The van der Waals surface area contributed by atoms with Crippen LogP contribution in [0.3, 0.4) is 0 Å². The van der Waals surface area contributed by atoms with Gasteiger partial charge in [0.05, 0.1) is 16.8 Å². The van der Waals surface area contributed by atoms with Gasteiger partial charge in [-0.3, -0.25) is 5.10 Å². The fraction of sp³-hybridized carbons (Fsp3) is 0.182.